The third-order valence-electron chi connectivity index (χ3n) is 2.94. The average molecular weight is 251 g/mol. The van der Waals surface area contributed by atoms with Gasteiger partial charge in [0.25, 0.3) is 5.69 Å². The summed E-state index contributed by atoms with van der Waals surface area (Å²) in [6, 6.07) is 5.34. The minimum absolute atomic E-state index is 0.152. The number of hydrogen-bond acceptors (Lipinski definition) is 5. The van der Waals surface area contributed by atoms with E-state index >= 15 is 0 Å². The maximum atomic E-state index is 10.7. The van der Waals surface area contributed by atoms with Crippen LogP contribution in [-0.4, -0.2) is 37.3 Å². The van der Waals surface area contributed by atoms with Gasteiger partial charge in [0, 0.05) is 36.4 Å². The summed E-state index contributed by atoms with van der Waals surface area (Å²) in [5.74, 6) is 0. The lowest BCUT2D eigenvalue weighted by atomic mass is 10.1. The molecule has 1 aliphatic heterocycles. The summed E-state index contributed by atoms with van der Waals surface area (Å²) in [5.41, 5.74) is 1.71. The number of aryl methyl sites for hydroxylation is 1. The monoisotopic (exact) mass is 251 g/mol. The van der Waals surface area contributed by atoms with Crippen molar-refractivity contribution in [1.82, 2.24) is 5.32 Å². The van der Waals surface area contributed by atoms with Crippen LogP contribution in [0, 0.1) is 17.0 Å². The SMILES string of the molecule is Cc1cc(NCC2COCCN2)ccc1[N+](=O)[O-]. The Morgan fingerprint density at radius 3 is 3.06 bits per heavy atom. The van der Waals surface area contributed by atoms with E-state index in [2.05, 4.69) is 10.6 Å². The molecule has 0 bridgehead atoms. The number of nitro benzene ring substituents is 1. The summed E-state index contributed by atoms with van der Waals surface area (Å²) in [5, 5.41) is 17.3. The topological polar surface area (TPSA) is 76.4 Å². The highest BCUT2D eigenvalue weighted by molar-refractivity contribution is 5.53. The van der Waals surface area contributed by atoms with E-state index < -0.39 is 0 Å². The fraction of sp³-hybridized carbons (Fsp3) is 0.500. The third-order valence-corrected chi connectivity index (χ3v) is 2.94. The molecular formula is C12H17N3O3. The first-order chi connectivity index (χ1) is 8.66. The average Bonchev–Trinajstić information content (AvgIpc) is 2.37. The second-order valence-electron chi connectivity index (χ2n) is 4.37. The van der Waals surface area contributed by atoms with Gasteiger partial charge in [-0.15, -0.1) is 0 Å². The van der Waals surface area contributed by atoms with E-state index in [4.69, 9.17) is 4.74 Å². The predicted molar refractivity (Wildman–Crippen MR) is 68.9 cm³/mol. The number of morpholine rings is 1. The van der Waals surface area contributed by atoms with E-state index in [0.717, 1.165) is 25.4 Å². The highest BCUT2D eigenvalue weighted by atomic mass is 16.6. The van der Waals surface area contributed by atoms with Gasteiger partial charge < -0.3 is 15.4 Å². The molecule has 18 heavy (non-hydrogen) atoms. The van der Waals surface area contributed by atoms with Crippen LogP contribution in [0.5, 0.6) is 0 Å². The van der Waals surface area contributed by atoms with Gasteiger partial charge in [-0.1, -0.05) is 0 Å². The van der Waals surface area contributed by atoms with Gasteiger partial charge in [-0.3, -0.25) is 10.1 Å². The predicted octanol–water partition coefficient (Wildman–Crippen LogP) is 1.30. The first-order valence-electron chi connectivity index (χ1n) is 5.97. The van der Waals surface area contributed by atoms with E-state index in [1.54, 1.807) is 19.1 Å². The van der Waals surface area contributed by atoms with E-state index in [1.807, 2.05) is 0 Å². The van der Waals surface area contributed by atoms with E-state index in [0.29, 0.717) is 12.2 Å². The van der Waals surface area contributed by atoms with E-state index in [1.165, 1.54) is 6.07 Å². The molecule has 1 saturated heterocycles. The van der Waals surface area contributed by atoms with Crippen LogP contribution in [0.25, 0.3) is 0 Å². The third kappa shape index (κ3) is 3.18. The lowest BCUT2D eigenvalue weighted by Gasteiger charge is -2.24. The van der Waals surface area contributed by atoms with Gasteiger partial charge in [0.2, 0.25) is 0 Å². The second kappa shape index (κ2) is 5.79. The molecular weight excluding hydrogens is 234 g/mol. The molecule has 6 heteroatoms. The van der Waals surface area contributed by atoms with Gasteiger partial charge in [0.15, 0.2) is 0 Å². The first kappa shape index (κ1) is 12.8. The summed E-state index contributed by atoms with van der Waals surface area (Å²) >= 11 is 0. The number of nitrogens with zero attached hydrogens (tertiary/aromatic N) is 1. The Balaban J connectivity index is 1.93. The highest BCUT2D eigenvalue weighted by Gasteiger charge is 2.13. The van der Waals surface area contributed by atoms with Gasteiger partial charge in [0.05, 0.1) is 18.1 Å². The lowest BCUT2D eigenvalue weighted by molar-refractivity contribution is -0.385. The van der Waals surface area contributed by atoms with Gasteiger partial charge in [-0.2, -0.15) is 0 Å². The van der Waals surface area contributed by atoms with Crippen LogP contribution in [-0.2, 0) is 4.74 Å². The number of nitrogens with one attached hydrogen (secondary N) is 2. The molecule has 1 aromatic carbocycles. The number of rotatable bonds is 4. The molecule has 1 aromatic rings. The largest absolute Gasteiger partial charge is 0.383 e. The summed E-state index contributed by atoms with van der Waals surface area (Å²) < 4.78 is 5.35. The number of benzene rings is 1. The molecule has 1 fully saturated rings. The van der Waals surface area contributed by atoms with Gasteiger partial charge in [-0.05, 0) is 19.1 Å². The smallest absolute Gasteiger partial charge is 0.272 e. The Kier molecular flexibility index (Phi) is 4.11. The fourth-order valence-corrected chi connectivity index (χ4v) is 1.96. The molecule has 6 nitrogen and oxygen atoms in total. The van der Waals surface area contributed by atoms with Crippen molar-refractivity contribution in [2.24, 2.45) is 0 Å². The fourth-order valence-electron chi connectivity index (χ4n) is 1.96. The van der Waals surface area contributed by atoms with E-state index in [-0.39, 0.29) is 16.7 Å². The van der Waals surface area contributed by atoms with Crippen molar-refractivity contribution in [3.63, 3.8) is 0 Å². The van der Waals surface area contributed by atoms with Crippen LogP contribution < -0.4 is 10.6 Å². The molecule has 0 aromatic heterocycles. The Labute approximate surface area is 105 Å². The Hall–Kier alpha value is -1.66. The number of nitro groups is 1. The number of anilines is 1. The Morgan fingerprint density at radius 2 is 2.44 bits per heavy atom. The van der Waals surface area contributed by atoms with Crippen molar-refractivity contribution in [1.29, 1.82) is 0 Å². The molecule has 1 atom stereocenters. The molecule has 1 unspecified atom stereocenters. The summed E-state index contributed by atoms with van der Waals surface area (Å²) in [7, 11) is 0. The second-order valence-corrected chi connectivity index (χ2v) is 4.37. The van der Waals surface area contributed by atoms with Crippen LogP contribution in [0.4, 0.5) is 11.4 Å². The van der Waals surface area contributed by atoms with Crippen LogP contribution in [0.3, 0.4) is 0 Å². The molecule has 0 spiro atoms. The first-order valence-corrected chi connectivity index (χ1v) is 5.97. The zero-order valence-corrected chi connectivity index (χ0v) is 10.3. The zero-order valence-electron chi connectivity index (χ0n) is 10.3. The molecule has 0 saturated carbocycles. The minimum Gasteiger partial charge on any atom is -0.383 e. The lowest BCUT2D eigenvalue weighted by Crippen LogP contribution is -2.45. The quantitative estimate of drug-likeness (QED) is 0.623. The van der Waals surface area contributed by atoms with Crippen LogP contribution >= 0.6 is 0 Å². The highest BCUT2D eigenvalue weighted by Crippen LogP contribution is 2.21. The summed E-state index contributed by atoms with van der Waals surface area (Å²) in [6.07, 6.45) is 0. The molecule has 1 heterocycles. The zero-order chi connectivity index (χ0) is 13.0. The molecule has 0 aliphatic carbocycles. The molecule has 98 valence electrons. The number of ether oxygens (including phenoxy) is 1. The molecule has 2 rings (SSSR count). The van der Waals surface area contributed by atoms with Gasteiger partial charge in [0.1, 0.15) is 0 Å². The van der Waals surface area contributed by atoms with E-state index in [9.17, 15) is 10.1 Å². The molecule has 1 aliphatic rings. The number of hydrogen-bond donors (Lipinski definition) is 2. The van der Waals surface area contributed by atoms with Crippen molar-refractivity contribution in [3.8, 4) is 0 Å². The van der Waals surface area contributed by atoms with Crippen LogP contribution in [0.15, 0.2) is 18.2 Å². The molecule has 0 amide bonds. The molecule has 2 N–H and O–H groups in total. The summed E-state index contributed by atoms with van der Waals surface area (Å²) in [4.78, 5) is 10.3. The Morgan fingerprint density at radius 1 is 1.61 bits per heavy atom. The van der Waals surface area contributed by atoms with Crippen LogP contribution in [0.2, 0.25) is 0 Å². The maximum absolute atomic E-state index is 10.7. The standard InChI is InChI=1S/C12H17N3O3/c1-9-6-10(2-3-12(9)15(16)17)14-7-11-8-18-5-4-13-11/h2-3,6,11,13-14H,4-5,7-8H2,1H3. The van der Waals surface area contributed by atoms with Crippen molar-refractivity contribution < 1.29 is 9.66 Å². The van der Waals surface area contributed by atoms with Crippen molar-refractivity contribution >= 4 is 11.4 Å². The minimum atomic E-state index is -0.365. The Bertz CT molecular complexity index is 431. The van der Waals surface area contributed by atoms with Gasteiger partial charge in [-0.25, -0.2) is 0 Å². The normalized spacial score (nSPS) is 19.5. The van der Waals surface area contributed by atoms with Gasteiger partial charge >= 0.3 is 0 Å². The van der Waals surface area contributed by atoms with Crippen molar-refractivity contribution in [3.05, 3.63) is 33.9 Å². The maximum Gasteiger partial charge on any atom is 0.272 e. The summed E-state index contributed by atoms with van der Waals surface area (Å²) in [6.45, 7) is 4.81. The van der Waals surface area contributed by atoms with Crippen LogP contribution in [0.1, 0.15) is 5.56 Å². The molecule has 0 radical (unpaired) electrons. The van der Waals surface area contributed by atoms with Crippen molar-refractivity contribution in [2.75, 3.05) is 31.6 Å². The van der Waals surface area contributed by atoms with Crippen molar-refractivity contribution in [2.45, 2.75) is 13.0 Å².